The molecule has 42 heavy (non-hydrogen) atoms. The maximum atomic E-state index is 14.6. The van der Waals surface area contributed by atoms with Gasteiger partial charge < -0.3 is 30.7 Å². The average molecular weight is 606 g/mol. The molecule has 2 saturated heterocycles. The number of alkyl halides is 3. The molecule has 3 aromatic rings. The fraction of sp³-hybridized carbons (Fsp3) is 0.429. The molecule has 5 rings (SSSR count). The third-order valence-electron chi connectivity index (χ3n) is 7.86. The zero-order valence-electron chi connectivity index (χ0n) is 23.0. The van der Waals surface area contributed by atoms with Crippen molar-refractivity contribution in [3.63, 3.8) is 0 Å². The zero-order chi connectivity index (χ0) is 30.2. The Bertz CT molecular complexity index is 1460. The minimum atomic E-state index is -4.81. The quantitative estimate of drug-likeness (QED) is 0.352. The predicted molar refractivity (Wildman–Crippen MR) is 153 cm³/mol. The molecule has 1 spiro atoms. The van der Waals surface area contributed by atoms with E-state index in [1.54, 1.807) is 31.1 Å². The summed E-state index contributed by atoms with van der Waals surface area (Å²) >= 11 is 6.22. The molecule has 2 aliphatic rings. The summed E-state index contributed by atoms with van der Waals surface area (Å²) in [5.74, 6) is -0.511. The molecule has 0 radical (unpaired) electrons. The number of pyridine rings is 1. The van der Waals surface area contributed by atoms with E-state index < -0.39 is 24.3 Å². The Balaban J connectivity index is 1.42. The number of halogens is 4. The van der Waals surface area contributed by atoms with Crippen molar-refractivity contribution in [2.24, 2.45) is 5.41 Å². The van der Waals surface area contributed by atoms with Gasteiger partial charge in [-0.2, -0.15) is 23.1 Å². The lowest BCUT2D eigenvalue weighted by Gasteiger charge is -2.39. The molecule has 4 heterocycles. The third kappa shape index (κ3) is 6.31. The number of aliphatic carboxylic acids is 1. The number of piperidine rings is 1. The molecule has 2 aromatic heterocycles. The average Bonchev–Trinajstić information content (AvgIpc) is 3.35. The van der Waals surface area contributed by atoms with Crippen LogP contribution in [0.5, 0.6) is 5.88 Å². The number of hydrogen-bond donors (Lipinski definition) is 3. The Kier molecular flexibility index (Phi) is 8.08. The number of anilines is 3. The van der Waals surface area contributed by atoms with E-state index in [1.165, 1.54) is 30.5 Å². The maximum absolute atomic E-state index is 14.6. The smallest absolute Gasteiger partial charge is 0.429 e. The zero-order valence-corrected chi connectivity index (χ0v) is 23.8. The minimum absolute atomic E-state index is 0.150. The topological polar surface area (TPSA) is 130 Å². The van der Waals surface area contributed by atoms with Crippen molar-refractivity contribution in [3.05, 3.63) is 53.2 Å². The first-order chi connectivity index (χ1) is 19.8. The number of nitrogens with two attached hydrogens (primary N) is 1. The lowest BCUT2D eigenvalue weighted by atomic mass is 9.76. The van der Waals surface area contributed by atoms with Gasteiger partial charge in [0.05, 0.1) is 0 Å². The van der Waals surface area contributed by atoms with Crippen LogP contribution in [0.1, 0.15) is 30.9 Å². The van der Waals surface area contributed by atoms with E-state index in [4.69, 9.17) is 22.1 Å². The van der Waals surface area contributed by atoms with Gasteiger partial charge in [0.15, 0.2) is 0 Å². The number of aromatic nitrogens is 3. The molecule has 4 N–H and O–H groups in total. The molecule has 0 bridgehead atoms. The molecule has 14 heteroatoms. The third-order valence-corrected chi connectivity index (χ3v) is 8.10. The molecule has 2 aliphatic heterocycles. The highest BCUT2D eigenvalue weighted by molar-refractivity contribution is 6.30. The first kappa shape index (κ1) is 29.6. The van der Waals surface area contributed by atoms with Crippen molar-refractivity contribution in [1.82, 2.24) is 20.3 Å². The van der Waals surface area contributed by atoms with E-state index in [2.05, 4.69) is 20.3 Å². The summed E-state index contributed by atoms with van der Waals surface area (Å²) in [5.41, 5.74) is 6.35. The van der Waals surface area contributed by atoms with E-state index in [0.29, 0.717) is 56.1 Å². The molecular formula is C28H31ClF3N7O3. The van der Waals surface area contributed by atoms with Crippen molar-refractivity contribution in [1.29, 1.82) is 0 Å². The van der Waals surface area contributed by atoms with Gasteiger partial charge in [-0.1, -0.05) is 17.7 Å². The summed E-state index contributed by atoms with van der Waals surface area (Å²) in [7, 11) is 3.56. The van der Waals surface area contributed by atoms with Gasteiger partial charge in [-0.05, 0) is 60.1 Å². The Morgan fingerprint density at radius 1 is 1.21 bits per heavy atom. The van der Waals surface area contributed by atoms with Crippen LogP contribution < -0.4 is 25.6 Å². The van der Waals surface area contributed by atoms with Crippen LogP contribution in [0.15, 0.2) is 42.6 Å². The molecule has 2 atom stereocenters. The van der Waals surface area contributed by atoms with Crippen LogP contribution >= 0.6 is 11.6 Å². The Morgan fingerprint density at radius 3 is 2.60 bits per heavy atom. The molecule has 224 valence electrons. The highest BCUT2D eigenvalue weighted by Gasteiger charge is 2.46. The van der Waals surface area contributed by atoms with Gasteiger partial charge in [-0.3, -0.25) is 4.79 Å². The number of hydrogen-bond acceptors (Lipinski definition) is 9. The molecule has 2 fully saturated rings. The van der Waals surface area contributed by atoms with Gasteiger partial charge in [-0.15, -0.1) is 0 Å². The summed E-state index contributed by atoms with van der Waals surface area (Å²) in [5, 5.41) is 12.7. The Labute approximate surface area is 245 Å². The summed E-state index contributed by atoms with van der Waals surface area (Å²) in [4.78, 5) is 27.5. The Morgan fingerprint density at radius 2 is 1.95 bits per heavy atom. The largest absolute Gasteiger partial charge is 0.480 e. The highest BCUT2D eigenvalue weighted by atomic mass is 35.5. The van der Waals surface area contributed by atoms with Crippen LogP contribution in [0.4, 0.5) is 30.8 Å². The van der Waals surface area contributed by atoms with Gasteiger partial charge in [0.2, 0.25) is 17.9 Å². The fourth-order valence-electron chi connectivity index (χ4n) is 5.60. The number of carbonyl (C=O) groups is 1. The molecule has 1 aromatic carbocycles. The van der Waals surface area contributed by atoms with E-state index >= 15 is 0 Å². The number of nitrogens with one attached hydrogen (secondary N) is 1. The summed E-state index contributed by atoms with van der Waals surface area (Å²) in [6.07, 6.45) is -3.75. The van der Waals surface area contributed by atoms with Crippen LogP contribution in [-0.2, 0) is 4.79 Å². The SMILES string of the molecule is CN(C)c1cc(-c2cc(Cl)ccc2[C@@H](Oc2cc(N3CCC4(CC3)CNC(C(=O)O)C4)nc(N)n2)C(F)(F)F)ccn1. The maximum Gasteiger partial charge on any atom is 0.429 e. The van der Waals surface area contributed by atoms with Crippen molar-refractivity contribution < 1.29 is 27.8 Å². The van der Waals surface area contributed by atoms with Gasteiger partial charge in [0.25, 0.3) is 0 Å². The number of nitrogens with zero attached hydrogens (tertiary/aromatic N) is 5. The van der Waals surface area contributed by atoms with Crippen molar-refractivity contribution in [3.8, 4) is 17.0 Å². The number of benzene rings is 1. The molecule has 1 unspecified atom stereocenters. The molecular weight excluding hydrogens is 575 g/mol. The van der Waals surface area contributed by atoms with E-state index in [9.17, 15) is 23.1 Å². The molecule has 0 saturated carbocycles. The van der Waals surface area contributed by atoms with Crippen LogP contribution in [0.25, 0.3) is 11.1 Å². The van der Waals surface area contributed by atoms with Crippen LogP contribution in [0.2, 0.25) is 5.02 Å². The number of nitrogen functional groups attached to an aromatic ring is 1. The lowest BCUT2D eigenvalue weighted by Crippen LogP contribution is -2.41. The monoisotopic (exact) mass is 605 g/mol. The van der Waals surface area contributed by atoms with E-state index in [-0.39, 0.29) is 33.4 Å². The normalized spacial score (nSPS) is 19.1. The number of rotatable bonds is 7. The van der Waals surface area contributed by atoms with Gasteiger partial charge in [0, 0.05) is 56.6 Å². The second-order valence-electron chi connectivity index (χ2n) is 11.0. The summed E-state index contributed by atoms with van der Waals surface area (Å²) in [6.45, 7) is 1.66. The summed E-state index contributed by atoms with van der Waals surface area (Å²) < 4.78 is 49.4. The predicted octanol–water partition coefficient (Wildman–Crippen LogP) is 4.56. The second kappa shape index (κ2) is 11.4. The standard InChI is InChI=1S/C28H31ClF3N7O3/c1-38(2)21-11-16(5-8-34-21)19-12-17(29)3-4-18(19)24(28(30,31)32)42-23-13-22(36-26(33)37-23)39-9-6-27(7-10-39)14-20(25(40)41)35-15-27/h3-5,8,11-13,20,24,35H,6-7,9-10,14-15H2,1-2H3,(H,40,41)(H2,33,36,37)/t20?,24-/m1/s1. The van der Waals surface area contributed by atoms with E-state index in [0.717, 1.165) is 0 Å². The first-order valence-electron chi connectivity index (χ1n) is 13.4. The minimum Gasteiger partial charge on any atom is -0.480 e. The highest BCUT2D eigenvalue weighted by Crippen LogP contribution is 2.43. The summed E-state index contributed by atoms with van der Waals surface area (Å²) in [6, 6.07) is 8.19. The molecule has 10 nitrogen and oxygen atoms in total. The van der Waals surface area contributed by atoms with Gasteiger partial charge >= 0.3 is 12.1 Å². The van der Waals surface area contributed by atoms with Crippen molar-refractivity contribution in [2.45, 2.75) is 37.6 Å². The van der Waals surface area contributed by atoms with Crippen LogP contribution in [0, 0.1) is 5.41 Å². The van der Waals surface area contributed by atoms with Crippen molar-refractivity contribution in [2.75, 3.05) is 49.3 Å². The lowest BCUT2D eigenvalue weighted by molar-refractivity contribution is -0.198. The van der Waals surface area contributed by atoms with Gasteiger partial charge in [-0.25, -0.2) is 4.98 Å². The van der Waals surface area contributed by atoms with E-state index in [1.807, 2.05) is 4.90 Å². The second-order valence-corrected chi connectivity index (χ2v) is 11.4. The van der Waals surface area contributed by atoms with Crippen LogP contribution in [0.3, 0.4) is 0 Å². The van der Waals surface area contributed by atoms with Crippen molar-refractivity contribution >= 4 is 35.2 Å². The van der Waals surface area contributed by atoms with Crippen LogP contribution in [-0.4, -0.2) is 72.0 Å². The molecule has 0 amide bonds. The fourth-order valence-corrected chi connectivity index (χ4v) is 5.77. The first-order valence-corrected chi connectivity index (χ1v) is 13.7. The number of carboxylic acids is 1. The molecule has 0 aliphatic carbocycles. The Hall–Kier alpha value is -3.84. The van der Waals surface area contributed by atoms with Gasteiger partial charge in [0.1, 0.15) is 17.7 Å². The number of carboxylic acid groups (broad SMARTS) is 1. The number of ether oxygens (including phenoxy) is 1.